The first kappa shape index (κ1) is 23.7. The van der Waals surface area contributed by atoms with Gasteiger partial charge in [-0.3, -0.25) is 0 Å². The number of nitrogens with one attached hydrogen (secondary N) is 1. The Hall–Kier alpha value is -3.68. The lowest BCUT2D eigenvalue weighted by molar-refractivity contribution is 0.281. The molecule has 4 heterocycles. The van der Waals surface area contributed by atoms with Gasteiger partial charge in [-0.25, -0.2) is 14.6 Å². The average Bonchev–Trinajstić information content (AvgIpc) is 3.58. The molecule has 0 unspecified atom stereocenters. The van der Waals surface area contributed by atoms with E-state index in [1.54, 1.807) is 12.4 Å². The normalized spacial score (nSPS) is 13.4. The summed E-state index contributed by atoms with van der Waals surface area (Å²) in [5.74, 6) is 0.660. The summed E-state index contributed by atoms with van der Waals surface area (Å²) >= 11 is 6.56. The van der Waals surface area contributed by atoms with Crippen LogP contribution in [0.25, 0.3) is 27.8 Å². The van der Waals surface area contributed by atoms with Crippen LogP contribution in [0.4, 0.5) is 5.95 Å². The third-order valence-corrected chi connectivity index (χ3v) is 7.61. The lowest BCUT2D eigenvalue weighted by Crippen LogP contribution is -2.31. The van der Waals surface area contributed by atoms with Crippen molar-refractivity contribution in [3.05, 3.63) is 88.0 Å². The Bertz CT molecular complexity index is 1560. The van der Waals surface area contributed by atoms with E-state index < -0.39 is 0 Å². The van der Waals surface area contributed by atoms with Gasteiger partial charge in [0.2, 0.25) is 5.95 Å². The summed E-state index contributed by atoms with van der Waals surface area (Å²) in [4.78, 5) is 14.6. The van der Waals surface area contributed by atoms with Crippen LogP contribution in [-0.2, 0) is 32.4 Å². The van der Waals surface area contributed by atoms with E-state index in [9.17, 15) is 5.11 Å². The highest BCUT2D eigenvalue weighted by atomic mass is 35.5. The Morgan fingerprint density at radius 3 is 2.49 bits per heavy atom. The zero-order valence-corrected chi connectivity index (χ0v) is 21.8. The molecule has 5 aromatic rings. The summed E-state index contributed by atoms with van der Waals surface area (Å²) in [6.45, 7) is 5.75. The first-order chi connectivity index (χ1) is 18.1. The number of aliphatic hydroxyl groups is 1. The highest BCUT2D eigenvalue weighted by Gasteiger charge is 2.29. The molecule has 0 saturated heterocycles. The van der Waals surface area contributed by atoms with Crippen molar-refractivity contribution >= 4 is 28.5 Å². The van der Waals surface area contributed by atoms with E-state index >= 15 is 0 Å². The molecule has 0 radical (unpaired) electrons. The van der Waals surface area contributed by atoms with Crippen molar-refractivity contribution in [2.45, 2.75) is 46.3 Å². The van der Waals surface area contributed by atoms with Gasteiger partial charge in [0.05, 0.1) is 34.2 Å². The van der Waals surface area contributed by atoms with E-state index in [-0.39, 0.29) is 6.61 Å². The number of anilines is 1. The average molecular weight is 513 g/mol. The standard InChI is InChI=1S/C29H29ClN6O/c1-3-19-6-5-7-20(4-2)27(19)36-28(22-8-9-24(30)26-21(22)10-12-31-26)23-16-35(13-11-25(23)34-36)29-32-14-18(17-37)15-33-29/h5-10,12,14-15,31,37H,3-4,11,13,16-17H2,1-2H3. The number of halogens is 1. The molecular weight excluding hydrogens is 484 g/mol. The SMILES string of the molecule is CCc1cccc(CC)c1-n1nc2c(c1-c1ccc(Cl)c3[nH]ccc13)CN(c1ncc(CO)cn1)CC2. The number of H-pyrrole nitrogens is 1. The number of aryl methyl sites for hydroxylation is 2. The molecule has 0 saturated carbocycles. The van der Waals surface area contributed by atoms with E-state index in [1.807, 2.05) is 12.3 Å². The minimum atomic E-state index is -0.0683. The molecule has 1 aliphatic rings. The van der Waals surface area contributed by atoms with E-state index in [2.05, 4.69) is 68.7 Å². The molecule has 0 fully saturated rings. The first-order valence-corrected chi connectivity index (χ1v) is 13.1. The van der Waals surface area contributed by atoms with Gasteiger partial charge in [-0.15, -0.1) is 0 Å². The third kappa shape index (κ3) is 3.99. The Labute approximate surface area is 220 Å². The Morgan fingerprint density at radius 1 is 1.03 bits per heavy atom. The van der Waals surface area contributed by atoms with Crippen molar-refractivity contribution in [2.75, 3.05) is 11.4 Å². The Kier molecular flexibility index (Phi) is 6.18. The molecule has 2 N–H and O–H groups in total. The second-order valence-corrected chi connectivity index (χ2v) is 9.81. The molecule has 3 aromatic heterocycles. The second-order valence-electron chi connectivity index (χ2n) is 9.40. The number of fused-ring (bicyclic) bond motifs is 2. The van der Waals surface area contributed by atoms with Crippen LogP contribution in [0.1, 0.15) is 41.8 Å². The molecule has 0 spiro atoms. The third-order valence-electron chi connectivity index (χ3n) is 7.30. The van der Waals surface area contributed by atoms with Crippen molar-refractivity contribution < 1.29 is 5.11 Å². The number of aromatic amines is 1. The zero-order chi connectivity index (χ0) is 25.5. The number of rotatable bonds is 6. The van der Waals surface area contributed by atoms with Gasteiger partial charge in [0.15, 0.2) is 0 Å². The molecule has 6 rings (SSSR count). The van der Waals surface area contributed by atoms with Crippen molar-refractivity contribution in [3.63, 3.8) is 0 Å². The number of nitrogens with zero attached hydrogens (tertiary/aromatic N) is 5. The summed E-state index contributed by atoms with van der Waals surface area (Å²) < 4.78 is 2.18. The number of benzene rings is 2. The largest absolute Gasteiger partial charge is 0.392 e. The van der Waals surface area contributed by atoms with E-state index in [1.165, 1.54) is 22.4 Å². The smallest absolute Gasteiger partial charge is 0.225 e. The van der Waals surface area contributed by atoms with E-state index in [0.29, 0.717) is 23.1 Å². The van der Waals surface area contributed by atoms with Crippen LogP contribution >= 0.6 is 11.6 Å². The number of para-hydroxylation sites is 1. The molecule has 188 valence electrons. The van der Waals surface area contributed by atoms with Gasteiger partial charge in [0.25, 0.3) is 0 Å². The number of aliphatic hydroxyl groups excluding tert-OH is 1. The zero-order valence-electron chi connectivity index (χ0n) is 21.0. The lowest BCUT2D eigenvalue weighted by atomic mass is 9.97. The highest BCUT2D eigenvalue weighted by Crippen LogP contribution is 2.40. The molecule has 0 aliphatic carbocycles. The molecule has 37 heavy (non-hydrogen) atoms. The van der Waals surface area contributed by atoms with Crippen LogP contribution in [0.2, 0.25) is 5.02 Å². The number of hydrogen-bond donors (Lipinski definition) is 2. The molecular formula is C29H29ClN6O. The van der Waals surface area contributed by atoms with Crippen LogP contribution in [0.5, 0.6) is 0 Å². The van der Waals surface area contributed by atoms with Crippen LogP contribution < -0.4 is 4.90 Å². The molecule has 0 atom stereocenters. The van der Waals surface area contributed by atoms with Crippen LogP contribution in [0.3, 0.4) is 0 Å². The van der Waals surface area contributed by atoms with Crippen molar-refractivity contribution in [3.8, 4) is 16.9 Å². The van der Waals surface area contributed by atoms with Crippen LogP contribution in [0.15, 0.2) is 55.0 Å². The highest BCUT2D eigenvalue weighted by molar-refractivity contribution is 6.35. The van der Waals surface area contributed by atoms with Gasteiger partial charge in [-0.1, -0.05) is 49.7 Å². The predicted molar refractivity (Wildman–Crippen MR) is 147 cm³/mol. The summed E-state index contributed by atoms with van der Waals surface area (Å²) in [5.41, 5.74) is 9.82. The van der Waals surface area contributed by atoms with Crippen LogP contribution in [-0.4, -0.2) is 36.4 Å². The van der Waals surface area contributed by atoms with E-state index in [4.69, 9.17) is 16.7 Å². The van der Waals surface area contributed by atoms with Gasteiger partial charge < -0.3 is 15.0 Å². The summed E-state index contributed by atoms with van der Waals surface area (Å²) in [6.07, 6.45) is 7.95. The lowest BCUT2D eigenvalue weighted by Gasteiger charge is -2.27. The van der Waals surface area contributed by atoms with Gasteiger partial charge >= 0.3 is 0 Å². The quantitative estimate of drug-likeness (QED) is 0.307. The molecule has 0 amide bonds. The molecule has 7 nitrogen and oxygen atoms in total. The molecule has 8 heteroatoms. The maximum Gasteiger partial charge on any atom is 0.225 e. The van der Waals surface area contributed by atoms with Gasteiger partial charge in [-0.05, 0) is 36.1 Å². The minimum absolute atomic E-state index is 0.0683. The van der Waals surface area contributed by atoms with Gasteiger partial charge in [0.1, 0.15) is 0 Å². The van der Waals surface area contributed by atoms with Crippen LogP contribution in [0, 0.1) is 0 Å². The summed E-state index contributed by atoms with van der Waals surface area (Å²) in [6, 6.07) is 12.7. The monoisotopic (exact) mass is 512 g/mol. The fraction of sp³-hybridized carbons (Fsp3) is 0.276. The van der Waals surface area contributed by atoms with E-state index in [0.717, 1.165) is 53.7 Å². The van der Waals surface area contributed by atoms with Crippen molar-refractivity contribution in [2.24, 2.45) is 0 Å². The maximum absolute atomic E-state index is 9.40. The first-order valence-electron chi connectivity index (χ1n) is 12.8. The summed E-state index contributed by atoms with van der Waals surface area (Å²) in [5, 5.41) is 16.4. The number of hydrogen-bond acceptors (Lipinski definition) is 5. The minimum Gasteiger partial charge on any atom is -0.392 e. The topological polar surface area (TPSA) is 82.9 Å². The predicted octanol–water partition coefficient (Wildman–Crippen LogP) is 5.64. The second kappa shape index (κ2) is 9.65. The Balaban J connectivity index is 1.58. The van der Waals surface area contributed by atoms with Gasteiger partial charge in [-0.2, -0.15) is 5.10 Å². The summed E-state index contributed by atoms with van der Waals surface area (Å²) in [7, 11) is 0. The number of aromatic nitrogens is 5. The molecule has 2 aromatic carbocycles. The molecule has 1 aliphatic heterocycles. The maximum atomic E-state index is 9.40. The molecule has 0 bridgehead atoms. The van der Waals surface area contributed by atoms with Crippen molar-refractivity contribution in [1.82, 2.24) is 24.7 Å². The fourth-order valence-corrected chi connectivity index (χ4v) is 5.61. The van der Waals surface area contributed by atoms with Gasteiger partial charge in [0, 0.05) is 60.2 Å². The van der Waals surface area contributed by atoms with Crippen molar-refractivity contribution in [1.29, 1.82) is 0 Å². The fourth-order valence-electron chi connectivity index (χ4n) is 5.39. The Morgan fingerprint density at radius 2 is 1.78 bits per heavy atom.